The number of ether oxygens (including phenoxy) is 1. The van der Waals surface area contributed by atoms with E-state index < -0.39 is 17.9 Å². The zero-order valence-electron chi connectivity index (χ0n) is 19.9. The Bertz CT molecular complexity index is 1400. The molecule has 36 heavy (non-hydrogen) atoms. The van der Waals surface area contributed by atoms with Gasteiger partial charge in [-0.3, -0.25) is 0 Å². The van der Waals surface area contributed by atoms with Crippen LogP contribution < -0.4 is 4.74 Å². The topological polar surface area (TPSA) is 56.3 Å². The van der Waals surface area contributed by atoms with Crippen LogP contribution in [0, 0.1) is 19.7 Å². The largest absolute Gasteiger partial charge is 0.573 e. The van der Waals surface area contributed by atoms with Crippen molar-refractivity contribution in [1.29, 1.82) is 0 Å². The van der Waals surface area contributed by atoms with E-state index >= 15 is 0 Å². The first-order valence-electron chi connectivity index (χ1n) is 11.4. The maximum Gasteiger partial charge on any atom is 0.573 e. The number of halogens is 4. The molecule has 1 atom stereocenters. The molecule has 2 aromatic carbocycles. The van der Waals surface area contributed by atoms with E-state index in [0.717, 1.165) is 70.4 Å². The van der Waals surface area contributed by atoms with Crippen molar-refractivity contribution in [2.75, 3.05) is 20.1 Å². The molecule has 11 heteroatoms. The van der Waals surface area contributed by atoms with Crippen LogP contribution in [-0.4, -0.2) is 46.1 Å². The number of aromatic nitrogens is 3. The smallest absolute Gasteiger partial charge is 0.403 e. The Hall–Kier alpha value is -3.05. The molecule has 1 saturated heterocycles. The molecule has 0 spiro atoms. The number of nitrogens with zero attached hydrogens (tertiary/aromatic N) is 4. The zero-order chi connectivity index (χ0) is 25.6. The minimum atomic E-state index is -4.95. The molecule has 0 amide bonds. The lowest BCUT2D eigenvalue weighted by atomic mass is 10.0. The summed E-state index contributed by atoms with van der Waals surface area (Å²) in [7, 11) is 2.08. The number of likely N-dealkylation sites (tertiary alicyclic amines) is 1. The average Bonchev–Trinajstić information content (AvgIpc) is 3.49. The van der Waals surface area contributed by atoms with Gasteiger partial charge in [0, 0.05) is 17.9 Å². The number of hydrogen-bond donors (Lipinski definition) is 0. The summed E-state index contributed by atoms with van der Waals surface area (Å²) in [6.07, 6.45) is -3.97. The summed E-state index contributed by atoms with van der Waals surface area (Å²) < 4.78 is 62.9. The standard InChI is InChI=1S/C25H24F4N4O2S/c1-14-23(15(2)35-31-14)17-5-6-21-20(11-17)30-24(33(21)18-8-9-32(3)12-18)36-13-16-4-7-22(19(26)10-16)34-25(27,28)29/h4-7,10-11,18H,8-9,12-13H2,1-3H3. The number of hydrogen-bond acceptors (Lipinski definition) is 6. The lowest BCUT2D eigenvalue weighted by Crippen LogP contribution is -2.18. The molecule has 0 N–H and O–H groups in total. The van der Waals surface area contributed by atoms with Gasteiger partial charge in [0.05, 0.1) is 22.8 Å². The molecule has 4 aromatic rings. The molecule has 0 bridgehead atoms. The summed E-state index contributed by atoms with van der Waals surface area (Å²) in [4.78, 5) is 7.17. The van der Waals surface area contributed by atoms with Crippen LogP contribution in [0.15, 0.2) is 46.1 Å². The fraction of sp³-hybridized carbons (Fsp3) is 0.360. The van der Waals surface area contributed by atoms with Crippen molar-refractivity contribution < 1.29 is 26.8 Å². The van der Waals surface area contributed by atoms with Crippen LogP contribution in [0.3, 0.4) is 0 Å². The van der Waals surface area contributed by atoms with Gasteiger partial charge in [0.25, 0.3) is 0 Å². The Morgan fingerprint density at radius 3 is 2.61 bits per heavy atom. The van der Waals surface area contributed by atoms with Crippen LogP contribution >= 0.6 is 11.8 Å². The predicted molar refractivity (Wildman–Crippen MR) is 128 cm³/mol. The molecule has 1 fully saturated rings. The van der Waals surface area contributed by atoms with Crippen LogP contribution in [0.5, 0.6) is 5.75 Å². The van der Waals surface area contributed by atoms with Gasteiger partial charge in [-0.2, -0.15) is 0 Å². The lowest BCUT2D eigenvalue weighted by Gasteiger charge is -2.17. The van der Waals surface area contributed by atoms with E-state index in [4.69, 9.17) is 9.51 Å². The minimum Gasteiger partial charge on any atom is -0.403 e. The third-order valence-electron chi connectivity index (χ3n) is 6.30. The van der Waals surface area contributed by atoms with Gasteiger partial charge in [-0.15, -0.1) is 13.2 Å². The minimum absolute atomic E-state index is 0.228. The van der Waals surface area contributed by atoms with Crippen LogP contribution in [0.4, 0.5) is 17.6 Å². The molecule has 1 unspecified atom stereocenters. The first-order valence-corrected chi connectivity index (χ1v) is 12.4. The van der Waals surface area contributed by atoms with Crippen LogP contribution in [0.25, 0.3) is 22.2 Å². The molecule has 2 aromatic heterocycles. The molecular formula is C25H24F4N4O2S. The molecule has 0 saturated carbocycles. The average molecular weight is 521 g/mol. The van der Waals surface area contributed by atoms with E-state index in [1.807, 2.05) is 26.0 Å². The second kappa shape index (κ2) is 9.44. The highest BCUT2D eigenvalue weighted by Crippen LogP contribution is 2.36. The lowest BCUT2D eigenvalue weighted by molar-refractivity contribution is -0.275. The van der Waals surface area contributed by atoms with Crippen molar-refractivity contribution in [2.45, 2.75) is 43.6 Å². The van der Waals surface area contributed by atoms with Crippen molar-refractivity contribution in [1.82, 2.24) is 19.6 Å². The van der Waals surface area contributed by atoms with Gasteiger partial charge in [-0.25, -0.2) is 9.37 Å². The Labute approximate surface area is 209 Å². The van der Waals surface area contributed by atoms with Crippen LogP contribution in [-0.2, 0) is 5.75 Å². The highest BCUT2D eigenvalue weighted by Gasteiger charge is 2.32. The normalized spacial score (nSPS) is 16.8. The van der Waals surface area contributed by atoms with E-state index in [1.165, 1.54) is 17.8 Å². The maximum absolute atomic E-state index is 14.2. The van der Waals surface area contributed by atoms with Crippen molar-refractivity contribution in [3.63, 3.8) is 0 Å². The number of aryl methyl sites for hydroxylation is 2. The molecule has 0 aliphatic carbocycles. The summed E-state index contributed by atoms with van der Waals surface area (Å²) in [5.41, 5.74) is 5.06. The summed E-state index contributed by atoms with van der Waals surface area (Å²) in [5.74, 6) is -0.825. The van der Waals surface area contributed by atoms with Gasteiger partial charge in [0.15, 0.2) is 16.7 Å². The molecule has 1 aliphatic heterocycles. The molecule has 190 valence electrons. The molecule has 3 heterocycles. The molecule has 5 rings (SSSR count). The van der Waals surface area contributed by atoms with E-state index in [9.17, 15) is 17.6 Å². The third-order valence-corrected chi connectivity index (χ3v) is 7.32. The first kappa shape index (κ1) is 24.6. The predicted octanol–water partition coefficient (Wildman–Crippen LogP) is 6.51. The molecular weight excluding hydrogens is 496 g/mol. The van der Waals surface area contributed by atoms with Crippen LogP contribution in [0.2, 0.25) is 0 Å². The van der Waals surface area contributed by atoms with Crippen molar-refractivity contribution in [2.24, 2.45) is 0 Å². The van der Waals surface area contributed by atoms with E-state index in [1.54, 1.807) is 0 Å². The van der Waals surface area contributed by atoms with Gasteiger partial charge in [0.2, 0.25) is 0 Å². The number of alkyl halides is 3. The highest BCUT2D eigenvalue weighted by atomic mass is 32.2. The fourth-order valence-electron chi connectivity index (χ4n) is 4.69. The molecule has 6 nitrogen and oxygen atoms in total. The van der Waals surface area contributed by atoms with Crippen molar-refractivity contribution in [3.8, 4) is 16.9 Å². The fourth-order valence-corrected chi connectivity index (χ4v) is 5.72. The summed E-state index contributed by atoms with van der Waals surface area (Å²) in [6.45, 7) is 5.62. The third kappa shape index (κ3) is 4.94. The van der Waals surface area contributed by atoms with Crippen LogP contribution in [0.1, 0.15) is 29.5 Å². The molecule has 1 aliphatic rings. The second-order valence-electron chi connectivity index (χ2n) is 8.97. The van der Waals surface area contributed by atoms with Crippen molar-refractivity contribution in [3.05, 3.63) is 59.2 Å². The zero-order valence-corrected chi connectivity index (χ0v) is 20.7. The maximum atomic E-state index is 14.2. The van der Waals surface area contributed by atoms with E-state index in [2.05, 4.69) is 32.5 Å². The number of benzene rings is 2. The van der Waals surface area contributed by atoms with E-state index in [0.29, 0.717) is 11.3 Å². The van der Waals surface area contributed by atoms with Gasteiger partial charge in [-0.05, 0) is 69.3 Å². The summed E-state index contributed by atoms with van der Waals surface area (Å²) in [5, 5.41) is 4.83. The Balaban J connectivity index is 1.47. The summed E-state index contributed by atoms with van der Waals surface area (Å²) in [6, 6.07) is 9.84. The number of imidazole rings is 1. The van der Waals surface area contributed by atoms with Gasteiger partial charge in [-0.1, -0.05) is 29.1 Å². The van der Waals surface area contributed by atoms with E-state index in [-0.39, 0.29) is 6.04 Å². The quantitative estimate of drug-likeness (QED) is 0.213. The first-order chi connectivity index (χ1) is 17.1. The number of rotatable bonds is 6. The Morgan fingerprint density at radius 1 is 1.17 bits per heavy atom. The Kier molecular flexibility index (Phi) is 6.46. The monoisotopic (exact) mass is 520 g/mol. The summed E-state index contributed by atoms with van der Waals surface area (Å²) >= 11 is 1.42. The number of thioether (sulfide) groups is 1. The van der Waals surface area contributed by atoms with Gasteiger partial charge in [0.1, 0.15) is 5.76 Å². The van der Waals surface area contributed by atoms with Gasteiger partial charge < -0.3 is 18.7 Å². The van der Waals surface area contributed by atoms with Crippen molar-refractivity contribution >= 4 is 22.8 Å². The Morgan fingerprint density at radius 2 is 1.97 bits per heavy atom. The van der Waals surface area contributed by atoms with Gasteiger partial charge >= 0.3 is 6.36 Å². The SMILES string of the molecule is Cc1noc(C)c1-c1ccc2c(c1)nc(SCc1ccc(OC(F)(F)F)c(F)c1)n2C1CCN(C)C1. The number of likely N-dealkylation sites (N-methyl/N-ethyl adjacent to an activating group) is 1. The number of fused-ring (bicyclic) bond motifs is 1. The molecule has 0 radical (unpaired) electrons. The highest BCUT2D eigenvalue weighted by molar-refractivity contribution is 7.98. The second-order valence-corrected chi connectivity index (χ2v) is 9.92.